The van der Waals surface area contributed by atoms with Crippen molar-refractivity contribution < 1.29 is 19.7 Å². The Morgan fingerprint density at radius 1 is 1.21 bits per heavy atom. The largest absolute Gasteiger partial charge is 0.504 e. The van der Waals surface area contributed by atoms with E-state index in [1.54, 1.807) is 13.2 Å². The average molecular weight is 335 g/mol. The molecule has 1 saturated heterocycles. The first kappa shape index (κ1) is 17.5. The lowest BCUT2D eigenvalue weighted by molar-refractivity contribution is -0.0316. The highest BCUT2D eigenvalue weighted by atomic mass is 16.5. The number of nitrogens with zero attached hydrogens (tertiary/aromatic N) is 1. The van der Waals surface area contributed by atoms with E-state index in [2.05, 4.69) is 4.90 Å². The molecule has 2 aliphatic rings. The van der Waals surface area contributed by atoms with E-state index in [1.165, 1.54) is 19.3 Å². The molecule has 1 aliphatic heterocycles. The highest BCUT2D eigenvalue weighted by Gasteiger charge is 2.34. The fourth-order valence-electron chi connectivity index (χ4n) is 3.96. The third-order valence-electron chi connectivity index (χ3n) is 5.30. The minimum absolute atomic E-state index is 0.169. The normalized spacial score (nSPS) is 28.2. The molecule has 0 aromatic heterocycles. The summed E-state index contributed by atoms with van der Waals surface area (Å²) < 4.78 is 11.4. The summed E-state index contributed by atoms with van der Waals surface area (Å²) in [5, 5.41) is 19.5. The van der Waals surface area contributed by atoms with Crippen LogP contribution in [0.3, 0.4) is 0 Å². The first-order valence-corrected chi connectivity index (χ1v) is 9.07. The highest BCUT2D eigenvalue weighted by molar-refractivity contribution is 5.41. The van der Waals surface area contributed by atoms with E-state index in [-0.39, 0.29) is 18.0 Å². The summed E-state index contributed by atoms with van der Waals surface area (Å²) in [5.74, 6) is 0.677. The number of aliphatic hydroxyl groups excluding tert-OH is 1. The van der Waals surface area contributed by atoms with Crippen molar-refractivity contribution in [1.29, 1.82) is 0 Å². The lowest BCUT2D eigenvalue weighted by Crippen LogP contribution is -2.46. The van der Waals surface area contributed by atoms with E-state index < -0.39 is 0 Å². The molecule has 5 nitrogen and oxygen atoms in total. The second-order valence-electron chi connectivity index (χ2n) is 6.95. The Kier molecular flexibility index (Phi) is 5.98. The fourth-order valence-corrected chi connectivity index (χ4v) is 3.96. The molecule has 3 atom stereocenters. The number of rotatable bonds is 6. The van der Waals surface area contributed by atoms with Crippen LogP contribution >= 0.6 is 0 Å². The van der Waals surface area contributed by atoms with Crippen LogP contribution < -0.4 is 4.74 Å². The van der Waals surface area contributed by atoms with Crippen LogP contribution in [0.25, 0.3) is 0 Å². The predicted octanol–water partition coefficient (Wildman–Crippen LogP) is 2.34. The Morgan fingerprint density at radius 3 is 2.79 bits per heavy atom. The summed E-state index contributed by atoms with van der Waals surface area (Å²) in [6.45, 7) is 2.45. The number of methoxy groups -OCH3 is 1. The Labute approximate surface area is 144 Å². The number of hydrogen-bond donors (Lipinski definition) is 2. The van der Waals surface area contributed by atoms with Gasteiger partial charge in [-0.1, -0.05) is 18.9 Å². The summed E-state index contributed by atoms with van der Waals surface area (Å²) in [6, 6.07) is 5.90. The van der Waals surface area contributed by atoms with E-state index >= 15 is 0 Å². The van der Waals surface area contributed by atoms with Crippen molar-refractivity contribution in [3.63, 3.8) is 0 Å². The van der Waals surface area contributed by atoms with E-state index in [0.717, 1.165) is 37.9 Å². The van der Waals surface area contributed by atoms with Gasteiger partial charge in [-0.3, -0.25) is 4.90 Å². The van der Waals surface area contributed by atoms with E-state index in [1.807, 2.05) is 12.1 Å². The van der Waals surface area contributed by atoms with Gasteiger partial charge in [0.25, 0.3) is 0 Å². The quantitative estimate of drug-likeness (QED) is 0.835. The van der Waals surface area contributed by atoms with Gasteiger partial charge in [-0.2, -0.15) is 0 Å². The van der Waals surface area contributed by atoms with E-state index in [0.29, 0.717) is 18.4 Å². The van der Waals surface area contributed by atoms with E-state index in [4.69, 9.17) is 9.47 Å². The number of likely N-dealkylation sites (tertiary alicyclic amines) is 1. The zero-order valence-corrected chi connectivity index (χ0v) is 14.5. The first-order chi connectivity index (χ1) is 11.7. The maximum absolute atomic E-state index is 9.80. The van der Waals surface area contributed by atoms with E-state index in [9.17, 15) is 10.2 Å². The highest BCUT2D eigenvalue weighted by Crippen LogP contribution is 2.29. The smallest absolute Gasteiger partial charge is 0.160 e. The van der Waals surface area contributed by atoms with Gasteiger partial charge in [-0.15, -0.1) is 0 Å². The summed E-state index contributed by atoms with van der Waals surface area (Å²) in [5.41, 5.74) is 1.11. The fraction of sp³-hybridized carbons (Fsp3) is 0.684. The number of hydrogen-bond acceptors (Lipinski definition) is 5. The molecular weight excluding hydrogens is 306 g/mol. The second kappa shape index (κ2) is 8.19. The Hall–Kier alpha value is -1.30. The van der Waals surface area contributed by atoms with Crippen LogP contribution in [-0.4, -0.2) is 60.2 Å². The van der Waals surface area contributed by atoms with Gasteiger partial charge in [0.1, 0.15) is 0 Å². The molecular formula is C19H29NO4. The summed E-state index contributed by atoms with van der Waals surface area (Å²) in [4.78, 5) is 2.41. The van der Waals surface area contributed by atoms with Crippen LogP contribution in [0.4, 0.5) is 0 Å². The number of phenolic OH excluding ortho intramolecular Hbond substituents is 1. The molecule has 1 unspecified atom stereocenters. The van der Waals surface area contributed by atoms with Crippen LogP contribution in [0, 0.1) is 0 Å². The second-order valence-corrected chi connectivity index (χ2v) is 6.95. The van der Waals surface area contributed by atoms with Gasteiger partial charge in [0, 0.05) is 19.1 Å². The number of benzene rings is 1. The van der Waals surface area contributed by atoms with Crippen LogP contribution in [-0.2, 0) is 11.2 Å². The number of ether oxygens (including phenoxy) is 2. The molecule has 0 radical (unpaired) electrons. The van der Waals surface area contributed by atoms with Crippen molar-refractivity contribution in [3.8, 4) is 11.5 Å². The van der Waals surface area contributed by atoms with Crippen LogP contribution in [0.2, 0.25) is 0 Å². The molecule has 2 N–H and O–H groups in total. The van der Waals surface area contributed by atoms with Crippen LogP contribution in [0.15, 0.2) is 18.2 Å². The van der Waals surface area contributed by atoms with Crippen molar-refractivity contribution in [3.05, 3.63) is 23.8 Å². The predicted molar refractivity (Wildman–Crippen MR) is 92.6 cm³/mol. The van der Waals surface area contributed by atoms with Gasteiger partial charge in [0.05, 0.1) is 25.9 Å². The molecule has 1 heterocycles. The van der Waals surface area contributed by atoms with Crippen molar-refractivity contribution in [1.82, 2.24) is 4.90 Å². The van der Waals surface area contributed by atoms with Gasteiger partial charge in [0.2, 0.25) is 0 Å². The number of β-amino-alcohol motifs (C(OH)–C–C–N with tert-alkyl or cyclic N) is 1. The summed E-state index contributed by atoms with van der Waals surface area (Å²) >= 11 is 0. The summed E-state index contributed by atoms with van der Waals surface area (Å²) in [7, 11) is 1.56. The molecule has 1 aromatic rings. The van der Waals surface area contributed by atoms with Gasteiger partial charge < -0.3 is 19.7 Å². The zero-order chi connectivity index (χ0) is 16.9. The number of phenols is 1. The topological polar surface area (TPSA) is 62.2 Å². The molecule has 0 amide bonds. The third-order valence-corrected chi connectivity index (χ3v) is 5.30. The molecule has 24 heavy (non-hydrogen) atoms. The molecule has 134 valence electrons. The minimum atomic E-state index is -0.169. The van der Waals surface area contributed by atoms with Crippen molar-refractivity contribution >= 4 is 0 Å². The third kappa shape index (κ3) is 4.21. The van der Waals surface area contributed by atoms with Crippen LogP contribution in [0.1, 0.15) is 37.7 Å². The van der Waals surface area contributed by atoms with Gasteiger partial charge in [-0.25, -0.2) is 0 Å². The molecule has 0 bridgehead atoms. The SMILES string of the molecule is COc1cc(CCO[C@@H]2CCCC[C@H]2N2CCC(O)C2)ccc1O. The van der Waals surface area contributed by atoms with Gasteiger partial charge in [0.15, 0.2) is 11.5 Å². The monoisotopic (exact) mass is 335 g/mol. The zero-order valence-electron chi connectivity index (χ0n) is 14.5. The summed E-state index contributed by atoms with van der Waals surface area (Å²) in [6.07, 6.45) is 6.55. The van der Waals surface area contributed by atoms with Crippen LogP contribution in [0.5, 0.6) is 11.5 Å². The molecule has 2 fully saturated rings. The number of aliphatic hydroxyl groups is 1. The molecule has 1 aromatic carbocycles. The Morgan fingerprint density at radius 2 is 2.04 bits per heavy atom. The Bertz CT molecular complexity index is 536. The molecule has 5 heteroatoms. The first-order valence-electron chi connectivity index (χ1n) is 9.07. The minimum Gasteiger partial charge on any atom is -0.504 e. The van der Waals surface area contributed by atoms with Crippen molar-refractivity contribution in [2.75, 3.05) is 26.8 Å². The van der Waals surface area contributed by atoms with Gasteiger partial charge in [-0.05, 0) is 43.4 Å². The van der Waals surface area contributed by atoms with Gasteiger partial charge >= 0.3 is 0 Å². The standard InChI is InChI=1S/C19H29NO4/c1-23-19-12-14(6-7-17(19)22)9-11-24-18-5-3-2-4-16(18)20-10-8-15(21)13-20/h6-7,12,15-16,18,21-22H,2-5,8-11,13H2,1H3/t15?,16-,18-/m1/s1. The Balaban J connectivity index is 1.52. The van der Waals surface area contributed by atoms with Crippen molar-refractivity contribution in [2.45, 2.75) is 56.8 Å². The molecule has 1 saturated carbocycles. The maximum Gasteiger partial charge on any atom is 0.160 e. The molecule has 0 spiro atoms. The molecule has 1 aliphatic carbocycles. The molecule has 3 rings (SSSR count). The lowest BCUT2D eigenvalue weighted by Gasteiger charge is -2.37. The van der Waals surface area contributed by atoms with Crippen molar-refractivity contribution in [2.24, 2.45) is 0 Å². The number of aromatic hydroxyl groups is 1. The maximum atomic E-state index is 9.80. The lowest BCUT2D eigenvalue weighted by atomic mass is 9.91. The average Bonchev–Trinajstić information content (AvgIpc) is 3.03.